The summed E-state index contributed by atoms with van der Waals surface area (Å²) in [6.45, 7) is 5.51. The Balaban J connectivity index is 2.41. The lowest BCUT2D eigenvalue weighted by atomic mass is 10.1. The number of rotatable bonds is 4. The summed E-state index contributed by atoms with van der Waals surface area (Å²) < 4.78 is 27.5. The van der Waals surface area contributed by atoms with E-state index < -0.39 is 14.6 Å². The molecular weight excluding hydrogens is 214 g/mol. The molecule has 1 fully saturated rings. The predicted octanol–water partition coefficient (Wildman–Crippen LogP) is 0.578. The van der Waals surface area contributed by atoms with Gasteiger partial charge in [-0.05, 0) is 26.7 Å². The Bertz CT molecular complexity index is 292. The van der Waals surface area contributed by atoms with E-state index in [4.69, 9.17) is 4.74 Å². The Morgan fingerprint density at radius 2 is 2.13 bits per heavy atom. The van der Waals surface area contributed by atoms with Gasteiger partial charge in [-0.1, -0.05) is 0 Å². The van der Waals surface area contributed by atoms with Gasteiger partial charge in [0.05, 0.1) is 11.4 Å². The first-order valence-corrected chi connectivity index (χ1v) is 7.23. The van der Waals surface area contributed by atoms with Crippen molar-refractivity contribution in [2.75, 3.05) is 26.0 Å². The minimum absolute atomic E-state index is 0.305. The van der Waals surface area contributed by atoms with E-state index in [0.717, 1.165) is 19.4 Å². The average Bonchev–Trinajstić information content (AvgIpc) is 2.15. The Labute approximate surface area is 92.3 Å². The van der Waals surface area contributed by atoms with E-state index in [2.05, 4.69) is 5.32 Å². The molecular formula is C10H21NO3S. The number of hydrogen-bond donors (Lipinski definition) is 1. The molecule has 0 aromatic heterocycles. The molecule has 1 aliphatic heterocycles. The third-order valence-electron chi connectivity index (χ3n) is 2.98. The summed E-state index contributed by atoms with van der Waals surface area (Å²) in [7, 11) is -3.01. The van der Waals surface area contributed by atoms with E-state index in [1.807, 2.05) is 0 Å². The van der Waals surface area contributed by atoms with Gasteiger partial charge in [-0.25, -0.2) is 8.42 Å². The summed E-state index contributed by atoms with van der Waals surface area (Å²) in [4.78, 5) is 0. The van der Waals surface area contributed by atoms with Crippen LogP contribution in [0.25, 0.3) is 0 Å². The maximum absolute atomic E-state index is 11.5. The van der Waals surface area contributed by atoms with Gasteiger partial charge in [0, 0.05) is 25.4 Å². The van der Waals surface area contributed by atoms with E-state index in [0.29, 0.717) is 19.2 Å². The average molecular weight is 235 g/mol. The highest BCUT2D eigenvalue weighted by Crippen LogP contribution is 2.15. The zero-order valence-electron chi connectivity index (χ0n) is 9.75. The molecule has 1 heterocycles. The second-order valence-corrected chi connectivity index (χ2v) is 7.48. The molecule has 0 saturated carbocycles. The van der Waals surface area contributed by atoms with Crippen molar-refractivity contribution in [3.8, 4) is 0 Å². The summed E-state index contributed by atoms with van der Waals surface area (Å²) >= 11 is 0. The van der Waals surface area contributed by atoms with Crippen LogP contribution in [0.15, 0.2) is 0 Å². The quantitative estimate of drug-likeness (QED) is 0.774. The standard InChI is InChI=1S/C10H21NO3S/c1-10(2,15(3,12)13)8-11-9-5-4-6-14-7-9/h9,11H,4-8H2,1-3H3. The second-order valence-electron chi connectivity index (χ2n) is 4.83. The van der Waals surface area contributed by atoms with E-state index in [1.165, 1.54) is 6.26 Å². The zero-order chi connectivity index (χ0) is 11.5. The first-order chi connectivity index (χ1) is 6.83. The molecule has 1 atom stereocenters. The number of nitrogens with one attached hydrogen (secondary N) is 1. The van der Waals surface area contributed by atoms with Crippen molar-refractivity contribution >= 4 is 9.84 Å². The molecule has 5 heteroatoms. The van der Waals surface area contributed by atoms with Crippen LogP contribution in [0.5, 0.6) is 0 Å². The van der Waals surface area contributed by atoms with Gasteiger partial charge in [0.1, 0.15) is 0 Å². The van der Waals surface area contributed by atoms with Crippen LogP contribution in [0.3, 0.4) is 0 Å². The molecule has 0 bridgehead atoms. The minimum atomic E-state index is -3.01. The topological polar surface area (TPSA) is 55.4 Å². The third-order valence-corrected chi connectivity index (χ3v) is 5.13. The Morgan fingerprint density at radius 3 is 2.60 bits per heavy atom. The summed E-state index contributed by atoms with van der Waals surface area (Å²) in [5, 5.41) is 3.26. The van der Waals surface area contributed by atoms with E-state index in [1.54, 1.807) is 13.8 Å². The maximum atomic E-state index is 11.5. The van der Waals surface area contributed by atoms with Crippen LogP contribution in [0.4, 0.5) is 0 Å². The highest BCUT2D eigenvalue weighted by Gasteiger charge is 2.30. The summed E-state index contributed by atoms with van der Waals surface area (Å²) in [6, 6.07) is 0.305. The summed E-state index contributed by atoms with van der Waals surface area (Å²) in [5.74, 6) is 0. The van der Waals surface area contributed by atoms with Gasteiger partial charge >= 0.3 is 0 Å². The highest BCUT2D eigenvalue weighted by molar-refractivity contribution is 7.92. The van der Waals surface area contributed by atoms with E-state index in [-0.39, 0.29) is 0 Å². The normalized spacial score (nSPS) is 24.1. The minimum Gasteiger partial charge on any atom is -0.380 e. The van der Waals surface area contributed by atoms with Crippen LogP contribution >= 0.6 is 0 Å². The molecule has 1 N–H and O–H groups in total. The van der Waals surface area contributed by atoms with Gasteiger partial charge in [-0.3, -0.25) is 0 Å². The lowest BCUT2D eigenvalue weighted by Gasteiger charge is -2.28. The van der Waals surface area contributed by atoms with Crippen LogP contribution in [0.1, 0.15) is 26.7 Å². The van der Waals surface area contributed by atoms with Gasteiger partial charge in [0.25, 0.3) is 0 Å². The van der Waals surface area contributed by atoms with Gasteiger partial charge in [0.2, 0.25) is 0 Å². The molecule has 15 heavy (non-hydrogen) atoms. The number of ether oxygens (including phenoxy) is 1. The van der Waals surface area contributed by atoms with Crippen molar-refractivity contribution in [2.24, 2.45) is 0 Å². The fourth-order valence-electron chi connectivity index (χ4n) is 1.42. The fraction of sp³-hybridized carbons (Fsp3) is 1.00. The summed E-state index contributed by atoms with van der Waals surface area (Å²) in [6.07, 6.45) is 3.41. The Morgan fingerprint density at radius 1 is 1.47 bits per heavy atom. The van der Waals surface area contributed by atoms with Gasteiger partial charge in [-0.15, -0.1) is 0 Å². The van der Waals surface area contributed by atoms with Crippen LogP contribution < -0.4 is 5.32 Å². The first kappa shape index (κ1) is 12.9. The van der Waals surface area contributed by atoms with Crippen LogP contribution in [0, 0.1) is 0 Å². The lowest BCUT2D eigenvalue weighted by Crippen LogP contribution is -2.47. The molecule has 0 radical (unpaired) electrons. The van der Waals surface area contributed by atoms with E-state index >= 15 is 0 Å². The van der Waals surface area contributed by atoms with Gasteiger partial charge in [0.15, 0.2) is 9.84 Å². The molecule has 1 aliphatic rings. The Kier molecular flexibility index (Phi) is 4.14. The van der Waals surface area contributed by atoms with Gasteiger partial charge in [-0.2, -0.15) is 0 Å². The molecule has 1 unspecified atom stereocenters. The van der Waals surface area contributed by atoms with Crippen LogP contribution in [0.2, 0.25) is 0 Å². The smallest absolute Gasteiger partial charge is 0.153 e. The highest BCUT2D eigenvalue weighted by atomic mass is 32.2. The number of hydrogen-bond acceptors (Lipinski definition) is 4. The van der Waals surface area contributed by atoms with Gasteiger partial charge < -0.3 is 10.1 Å². The van der Waals surface area contributed by atoms with Crippen LogP contribution in [-0.2, 0) is 14.6 Å². The number of sulfone groups is 1. The van der Waals surface area contributed by atoms with Crippen molar-refractivity contribution in [2.45, 2.75) is 37.5 Å². The SMILES string of the molecule is CC(C)(CNC1CCCOC1)S(C)(=O)=O. The Hall–Kier alpha value is -0.130. The molecule has 4 nitrogen and oxygen atoms in total. The van der Waals surface area contributed by atoms with Crippen molar-refractivity contribution in [1.29, 1.82) is 0 Å². The predicted molar refractivity (Wildman–Crippen MR) is 60.8 cm³/mol. The summed E-state index contributed by atoms with van der Waals surface area (Å²) in [5.41, 5.74) is 0. The molecule has 0 aromatic carbocycles. The molecule has 1 rings (SSSR count). The molecule has 0 amide bonds. The fourth-order valence-corrected chi connectivity index (χ4v) is 1.77. The monoisotopic (exact) mass is 235 g/mol. The van der Waals surface area contributed by atoms with Crippen molar-refractivity contribution < 1.29 is 13.2 Å². The molecule has 0 spiro atoms. The van der Waals surface area contributed by atoms with Crippen molar-refractivity contribution in [3.05, 3.63) is 0 Å². The largest absolute Gasteiger partial charge is 0.380 e. The molecule has 1 saturated heterocycles. The zero-order valence-corrected chi connectivity index (χ0v) is 10.6. The van der Waals surface area contributed by atoms with Crippen molar-refractivity contribution in [3.63, 3.8) is 0 Å². The molecule has 0 aromatic rings. The third kappa shape index (κ3) is 3.74. The maximum Gasteiger partial charge on any atom is 0.153 e. The molecule has 90 valence electrons. The second kappa shape index (κ2) is 4.80. The molecule has 0 aliphatic carbocycles. The van der Waals surface area contributed by atoms with Crippen molar-refractivity contribution in [1.82, 2.24) is 5.32 Å². The first-order valence-electron chi connectivity index (χ1n) is 5.34. The lowest BCUT2D eigenvalue weighted by molar-refractivity contribution is 0.0699. The van der Waals surface area contributed by atoms with Crippen LogP contribution in [-0.4, -0.2) is 45.2 Å². The van der Waals surface area contributed by atoms with E-state index in [9.17, 15) is 8.42 Å².